The number of furan rings is 1. The van der Waals surface area contributed by atoms with Gasteiger partial charge >= 0.3 is 5.97 Å². The van der Waals surface area contributed by atoms with Crippen LogP contribution in [0.3, 0.4) is 0 Å². The van der Waals surface area contributed by atoms with Crippen LogP contribution in [-0.4, -0.2) is 11.1 Å². The molecular weight excluding hydrogens is 248 g/mol. The minimum atomic E-state index is -0.755. The van der Waals surface area contributed by atoms with E-state index in [4.69, 9.17) is 9.52 Å². The van der Waals surface area contributed by atoms with Gasteiger partial charge in [-0.1, -0.05) is 6.92 Å². The number of aliphatic carboxylic acids is 1. The lowest BCUT2D eigenvalue weighted by molar-refractivity contribution is -0.142. The molecular formula is C10H11BrO3. The van der Waals surface area contributed by atoms with E-state index in [1.807, 2.05) is 12.1 Å². The number of carboxylic acids is 1. The molecule has 1 atom stereocenters. The van der Waals surface area contributed by atoms with E-state index in [-0.39, 0.29) is 11.3 Å². The Kier molecular flexibility index (Phi) is 2.18. The first-order valence-electron chi connectivity index (χ1n) is 4.55. The maximum absolute atomic E-state index is 10.9. The van der Waals surface area contributed by atoms with E-state index in [0.717, 1.165) is 18.6 Å². The van der Waals surface area contributed by atoms with Crippen LogP contribution in [0.15, 0.2) is 21.2 Å². The molecule has 0 bridgehead atoms. The molecule has 1 aliphatic rings. The highest BCUT2D eigenvalue weighted by Crippen LogP contribution is 2.54. The Balaban J connectivity index is 2.29. The number of halogens is 1. The minimum absolute atomic E-state index is 0.252. The van der Waals surface area contributed by atoms with Crippen molar-refractivity contribution in [1.29, 1.82) is 0 Å². The van der Waals surface area contributed by atoms with Crippen LogP contribution in [0.1, 0.15) is 25.5 Å². The average Bonchev–Trinajstić information content (AvgIpc) is 2.83. The van der Waals surface area contributed by atoms with E-state index in [0.29, 0.717) is 4.67 Å². The van der Waals surface area contributed by atoms with Crippen LogP contribution in [0.2, 0.25) is 0 Å². The van der Waals surface area contributed by atoms with Crippen molar-refractivity contribution in [3.63, 3.8) is 0 Å². The second kappa shape index (κ2) is 3.12. The summed E-state index contributed by atoms with van der Waals surface area (Å²) in [5.74, 6) is -0.338. The van der Waals surface area contributed by atoms with Crippen LogP contribution >= 0.6 is 15.9 Å². The molecule has 2 rings (SSSR count). The largest absolute Gasteiger partial charge is 0.481 e. The van der Waals surface area contributed by atoms with Crippen LogP contribution in [0.4, 0.5) is 0 Å². The molecule has 1 aromatic heterocycles. The lowest BCUT2D eigenvalue weighted by atomic mass is 9.88. The predicted octanol–water partition coefficient (Wildman–Crippen LogP) is 2.79. The van der Waals surface area contributed by atoms with E-state index in [9.17, 15) is 4.79 Å². The molecule has 4 heteroatoms. The van der Waals surface area contributed by atoms with Crippen molar-refractivity contribution in [3.8, 4) is 0 Å². The zero-order valence-corrected chi connectivity index (χ0v) is 9.37. The molecule has 0 radical (unpaired) electrons. The molecule has 1 fully saturated rings. The first kappa shape index (κ1) is 9.77. The zero-order chi connectivity index (χ0) is 10.3. The van der Waals surface area contributed by atoms with Crippen molar-refractivity contribution in [2.75, 3.05) is 0 Å². The third-order valence-corrected chi connectivity index (χ3v) is 3.48. The summed E-state index contributed by atoms with van der Waals surface area (Å²) < 4.78 is 6.10. The van der Waals surface area contributed by atoms with Crippen molar-refractivity contribution in [3.05, 3.63) is 22.6 Å². The van der Waals surface area contributed by atoms with Crippen LogP contribution < -0.4 is 0 Å². The van der Waals surface area contributed by atoms with Crippen molar-refractivity contribution < 1.29 is 14.3 Å². The van der Waals surface area contributed by atoms with E-state index < -0.39 is 5.97 Å². The molecule has 1 unspecified atom stereocenters. The van der Waals surface area contributed by atoms with Gasteiger partial charge in [0.05, 0.1) is 5.92 Å². The SMILES string of the molecule is CC(C(=O)O)C1(c2ccc(Br)o2)CC1. The molecule has 1 N–H and O–H groups in total. The molecule has 0 aliphatic heterocycles. The first-order valence-corrected chi connectivity index (χ1v) is 5.34. The van der Waals surface area contributed by atoms with Gasteiger partial charge in [0.25, 0.3) is 0 Å². The number of carbonyl (C=O) groups is 1. The van der Waals surface area contributed by atoms with Gasteiger partial charge in [0, 0.05) is 5.41 Å². The number of rotatable bonds is 3. The highest BCUT2D eigenvalue weighted by atomic mass is 79.9. The van der Waals surface area contributed by atoms with Gasteiger partial charge in [0.1, 0.15) is 5.76 Å². The van der Waals surface area contributed by atoms with Crippen LogP contribution in [-0.2, 0) is 10.2 Å². The van der Waals surface area contributed by atoms with Gasteiger partial charge in [-0.2, -0.15) is 0 Å². The fourth-order valence-corrected chi connectivity index (χ4v) is 2.15. The third kappa shape index (κ3) is 1.38. The van der Waals surface area contributed by atoms with Crippen LogP contribution in [0.5, 0.6) is 0 Å². The van der Waals surface area contributed by atoms with Gasteiger partial charge in [0.15, 0.2) is 4.67 Å². The van der Waals surface area contributed by atoms with Gasteiger partial charge in [0.2, 0.25) is 0 Å². The number of hydrogen-bond donors (Lipinski definition) is 1. The van der Waals surface area contributed by atoms with Gasteiger partial charge in [-0.05, 0) is 40.9 Å². The fourth-order valence-electron chi connectivity index (χ4n) is 1.85. The number of hydrogen-bond acceptors (Lipinski definition) is 2. The minimum Gasteiger partial charge on any atom is -0.481 e. The van der Waals surface area contributed by atoms with Crippen molar-refractivity contribution in [2.45, 2.75) is 25.2 Å². The van der Waals surface area contributed by atoms with Gasteiger partial charge in [-0.3, -0.25) is 4.79 Å². The Labute approximate surface area is 90.2 Å². The van der Waals surface area contributed by atoms with E-state index in [2.05, 4.69) is 15.9 Å². The number of carboxylic acid groups (broad SMARTS) is 1. The molecule has 0 aromatic carbocycles. The Bertz CT molecular complexity index is 365. The smallest absolute Gasteiger partial charge is 0.307 e. The highest BCUT2D eigenvalue weighted by Gasteiger charge is 2.54. The summed E-state index contributed by atoms with van der Waals surface area (Å²) in [6, 6.07) is 3.67. The molecule has 0 spiro atoms. The fraction of sp³-hybridized carbons (Fsp3) is 0.500. The summed E-state index contributed by atoms with van der Waals surface area (Å²) in [6.07, 6.45) is 1.81. The summed E-state index contributed by atoms with van der Waals surface area (Å²) in [5.41, 5.74) is -0.252. The van der Waals surface area contributed by atoms with Crippen molar-refractivity contribution in [2.24, 2.45) is 5.92 Å². The molecule has 0 amide bonds. The topological polar surface area (TPSA) is 50.4 Å². The Morgan fingerprint density at radius 2 is 2.29 bits per heavy atom. The standard InChI is InChI=1S/C10H11BrO3/c1-6(9(12)13)10(4-5-10)7-2-3-8(11)14-7/h2-3,6H,4-5H2,1H3,(H,12,13). The molecule has 1 aliphatic carbocycles. The Morgan fingerprint density at radius 1 is 1.64 bits per heavy atom. The summed E-state index contributed by atoms with van der Waals surface area (Å²) in [4.78, 5) is 10.9. The molecule has 3 nitrogen and oxygen atoms in total. The highest BCUT2D eigenvalue weighted by molar-refractivity contribution is 9.10. The zero-order valence-electron chi connectivity index (χ0n) is 7.79. The Morgan fingerprint density at radius 3 is 2.64 bits per heavy atom. The monoisotopic (exact) mass is 258 g/mol. The normalized spacial score (nSPS) is 20.4. The second-order valence-electron chi connectivity index (χ2n) is 3.82. The molecule has 1 saturated carbocycles. The van der Waals surface area contributed by atoms with Crippen molar-refractivity contribution in [1.82, 2.24) is 0 Å². The van der Waals surface area contributed by atoms with Crippen molar-refractivity contribution >= 4 is 21.9 Å². The molecule has 14 heavy (non-hydrogen) atoms. The summed E-state index contributed by atoms with van der Waals surface area (Å²) in [7, 11) is 0. The lowest BCUT2D eigenvalue weighted by Gasteiger charge is -2.16. The van der Waals surface area contributed by atoms with E-state index in [1.54, 1.807) is 6.92 Å². The van der Waals surface area contributed by atoms with Gasteiger partial charge < -0.3 is 9.52 Å². The molecule has 1 heterocycles. The second-order valence-corrected chi connectivity index (χ2v) is 4.60. The predicted molar refractivity (Wildman–Crippen MR) is 54.1 cm³/mol. The summed E-state index contributed by atoms with van der Waals surface area (Å²) in [6.45, 7) is 1.74. The molecule has 76 valence electrons. The molecule has 1 aromatic rings. The van der Waals surface area contributed by atoms with Gasteiger partial charge in [-0.15, -0.1) is 0 Å². The van der Waals surface area contributed by atoms with Crippen LogP contribution in [0, 0.1) is 5.92 Å². The third-order valence-electron chi connectivity index (χ3n) is 3.05. The molecule has 0 saturated heterocycles. The maximum atomic E-state index is 10.9. The van der Waals surface area contributed by atoms with Gasteiger partial charge in [-0.25, -0.2) is 0 Å². The lowest BCUT2D eigenvalue weighted by Crippen LogP contribution is -2.24. The summed E-state index contributed by atoms with van der Waals surface area (Å²) >= 11 is 3.22. The van der Waals surface area contributed by atoms with E-state index in [1.165, 1.54) is 0 Å². The van der Waals surface area contributed by atoms with Crippen LogP contribution in [0.25, 0.3) is 0 Å². The first-order chi connectivity index (χ1) is 6.56. The maximum Gasteiger partial charge on any atom is 0.307 e. The quantitative estimate of drug-likeness (QED) is 0.907. The van der Waals surface area contributed by atoms with E-state index >= 15 is 0 Å². The summed E-state index contributed by atoms with van der Waals surface area (Å²) in [5, 5.41) is 8.97. The Hall–Kier alpha value is -0.770. The average molecular weight is 259 g/mol.